The van der Waals surface area contributed by atoms with Crippen LogP contribution >= 0.6 is 0 Å². The summed E-state index contributed by atoms with van der Waals surface area (Å²) in [5, 5.41) is 4.17. The Morgan fingerprint density at radius 3 is 2.38 bits per heavy atom. The highest BCUT2D eigenvalue weighted by Gasteiger charge is 2.09. The van der Waals surface area contributed by atoms with Crippen LogP contribution in [0.2, 0.25) is 0 Å². The molecule has 0 aliphatic rings. The van der Waals surface area contributed by atoms with Crippen molar-refractivity contribution in [2.75, 3.05) is 13.6 Å². The molecular formula is C20H23N3O. The van der Waals surface area contributed by atoms with Gasteiger partial charge in [-0.3, -0.25) is 4.90 Å². The summed E-state index contributed by atoms with van der Waals surface area (Å²) in [6.07, 6.45) is 0.927. The summed E-state index contributed by atoms with van der Waals surface area (Å²) in [5.74, 6) is 0.871. The molecule has 0 radical (unpaired) electrons. The highest BCUT2D eigenvalue weighted by atomic mass is 16.5. The van der Waals surface area contributed by atoms with E-state index in [0.717, 1.165) is 36.5 Å². The van der Waals surface area contributed by atoms with E-state index in [1.165, 1.54) is 11.1 Å². The summed E-state index contributed by atoms with van der Waals surface area (Å²) in [5.41, 5.74) is 10.1. The first kappa shape index (κ1) is 16.4. The first-order chi connectivity index (χ1) is 11.7. The minimum atomic E-state index is 0.689. The first-order valence-electron chi connectivity index (χ1n) is 8.22. The molecule has 0 aliphatic carbocycles. The van der Waals surface area contributed by atoms with Gasteiger partial charge in [0.25, 0.3) is 0 Å². The molecule has 0 aliphatic heterocycles. The summed E-state index contributed by atoms with van der Waals surface area (Å²) in [6, 6.07) is 20.7. The lowest BCUT2D eigenvalue weighted by Crippen LogP contribution is -2.16. The second kappa shape index (κ2) is 7.90. The molecule has 4 nitrogen and oxygen atoms in total. The fourth-order valence-electron chi connectivity index (χ4n) is 2.74. The van der Waals surface area contributed by atoms with E-state index in [0.29, 0.717) is 6.54 Å². The molecule has 1 heterocycles. The Morgan fingerprint density at radius 1 is 0.958 bits per heavy atom. The lowest BCUT2D eigenvalue weighted by atomic mass is 10.1. The standard InChI is InChI=1S/C20H23N3O/c1-23(14-17-9-7-16(8-10-17)11-12-21)15-19-13-20(22-24-19)18-5-3-2-4-6-18/h2-10,13H,11-12,14-15,21H2,1H3. The van der Waals surface area contributed by atoms with E-state index < -0.39 is 0 Å². The monoisotopic (exact) mass is 321 g/mol. The first-order valence-corrected chi connectivity index (χ1v) is 8.22. The summed E-state index contributed by atoms with van der Waals surface area (Å²) in [7, 11) is 2.08. The molecule has 1 aromatic heterocycles. The number of nitrogens with two attached hydrogens (primary N) is 1. The van der Waals surface area contributed by atoms with Crippen molar-refractivity contribution in [2.24, 2.45) is 5.73 Å². The van der Waals surface area contributed by atoms with E-state index in [1.54, 1.807) is 0 Å². The fourth-order valence-corrected chi connectivity index (χ4v) is 2.74. The molecule has 0 spiro atoms. The molecule has 0 amide bonds. The van der Waals surface area contributed by atoms with Gasteiger partial charge in [0, 0.05) is 18.2 Å². The predicted molar refractivity (Wildman–Crippen MR) is 96.3 cm³/mol. The molecular weight excluding hydrogens is 298 g/mol. The zero-order valence-electron chi connectivity index (χ0n) is 14.0. The maximum atomic E-state index is 5.58. The molecule has 124 valence electrons. The van der Waals surface area contributed by atoms with Gasteiger partial charge in [0.05, 0.1) is 6.54 Å². The summed E-state index contributed by atoms with van der Waals surface area (Å²) < 4.78 is 5.47. The molecule has 2 aromatic carbocycles. The number of aromatic nitrogens is 1. The van der Waals surface area contributed by atoms with Gasteiger partial charge in [-0.2, -0.15) is 0 Å². The SMILES string of the molecule is CN(Cc1ccc(CCN)cc1)Cc1cc(-c2ccccc2)no1. The molecule has 3 aromatic rings. The van der Waals surface area contributed by atoms with E-state index in [1.807, 2.05) is 36.4 Å². The molecule has 0 saturated heterocycles. The Hall–Kier alpha value is -2.43. The van der Waals surface area contributed by atoms with Crippen LogP contribution in [0.5, 0.6) is 0 Å². The quantitative estimate of drug-likeness (QED) is 0.724. The summed E-state index contributed by atoms with van der Waals surface area (Å²) in [4.78, 5) is 2.22. The zero-order chi connectivity index (χ0) is 16.8. The van der Waals surface area contributed by atoms with Crippen LogP contribution in [0.15, 0.2) is 65.2 Å². The molecule has 0 bridgehead atoms. The zero-order valence-corrected chi connectivity index (χ0v) is 14.0. The van der Waals surface area contributed by atoms with E-state index in [-0.39, 0.29) is 0 Å². The van der Waals surface area contributed by atoms with Crippen molar-refractivity contribution in [3.05, 3.63) is 77.6 Å². The van der Waals surface area contributed by atoms with E-state index >= 15 is 0 Å². The van der Waals surface area contributed by atoms with Crippen molar-refractivity contribution in [3.8, 4) is 11.3 Å². The van der Waals surface area contributed by atoms with Crippen LogP contribution in [0.1, 0.15) is 16.9 Å². The van der Waals surface area contributed by atoms with Crippen molar-refractivity contribution in [2.45, 2.75) is 19.5 Å². The number of hydrogen-bond donors (Lipinski definition) is 1. The van der Waals surface area contributed by atoms with Crippen LogP contribution in [-0.4, -0.2) is 23.6 Å². The molecule has 3 rings (SSSR count). The maximum absolute atomic E-state index is 5.58. The molecule has 0 unspecified atom stereocenters. The second-order valence-electron chi connectivity index (χ2n) is 6.07. The van der Waals surface area contributed by atoms with Gasteiger partial charge in [-0.25, -0.2) is 0 Å². The average Bonchev–Trinajstić information content (AvgIpc) is 3.06. The van der Waals surface area contributed by atoms with E-state index in [4.69, 9.17) is 10.3 Å². The van der Waals surface area contributed by atoms with Gasteiger partial charge in [-0.1, -0.05) is 59.8 Å². The van der Waals surface area contributed by atoms with Crippen molar-refractivity contribution in [3.63, 3.8) is 0 Å². The third-order valence-corrected chi connectivity index (χ3v) is 3.96. The Bertz CT molecular complexity index is 750. The summed E-state index contributed by atoms with van der Waals surface area (Å²) in [6.45, 7) is 2.28. The minimum Gasteiger partial charge on any atom is -0.359 e. The van der Waals surface area contributed by atoms with Gasteiger partial charge in [0.15, 0.2) is 5.76 Å². The van der Waals surface area contributed by atoms with Gasteiger partial charge in [0.2, 0.25) is 0 Å². The molecule has 0 atom stereocenters. The Labute approximate surface area is 142 Å². The third kappa shape index (κ3) is 4.31. The minimum absolute atomic E-state index is 0.689. The Balaban J connectivity index is 1.59. The molecule has 24 heavy (non-hydrogen) atoms. The van der Waals surface area contributed by atoms with Gasteiger partial charge in [-0.05, 0) is 31.1 Å². The number of rotatable bonds is 7. The number of hydrogen-bond acceptors (Lipinski definition) is 4. The maximum Gasteiger partial charge on any atom is 0.151 e. The number of benzene rings is 2. The lowest BCUT2D eigenvalue weighted by molar-refractivity contribution is 0.267. The molecule has 0 saturated carbocycles. The molecule has 2 N–H and O–H groups in total. The van der Waals surface area contributed by atoms with Crippen LogP contribution in [0, 0.1) is 0 Å². The highest BCUT2D eigenvalue weighted by Crippen LogP contribution is 2.19. The third-order valence-electron chi connectivity index (χ3n) is 3.96. The van der Waals surface area contributed by atoms with Crippen LogP contribution in [0.4, 0.5) is 0 Å². The van der Waals surface area contributed by atoms with Crippen molar-refractivity contribution >= 4 is 0 Å². The smallest absolute Gasteiger partial charge is 0.151 e. The van der Waals surface area contributed by atoms with Gasteiger partial charge >= 0.3 is 0 Å². The highest BCUT2D eigenvalue weighted by molar-refractivity contribution is 5.58. The average molecular weight is 321 g/mol. The van der Waals surface area contributed by atoms with E-state index in [2.05, 4.69) is 41.4 Å². The molecule has 0 fully saturated rings. The fraction of sp³-hybridized carbons (Fsp3) is 0.250. The van der Waals surface area contributed by atoms with Gasteiger partial charge in [0.1, 0.15) is 5.69 Å². The van der Waals surface area contributed by atoms with Crippen LogP contribution in [0.3, 0.4) is 0 Å². The molecule has 4 heteroatoms. The second-order valence-corrected chi connectivity index (χ2v) is 6.07. The Morgan fingerprint density at radius 2 is 1.67 bits per heavy atom. The van der Waals surface area contributed by atoms with Crippen LogP contribution < -0.4 is 5.73 Å². The van der Waals surface area contributed by atoms with Crippen LogP contribution in [0.25, 0.3) is 11.3 Å². The Kier molecular flexibility index (Phi) is 5.41. The predicted octanol–water partition coefficient (Wildman–Crippen LogP) is 3.47. The lowest BCUT2D eigenvalue weighted by Gasteiger charge is -2.15. The largest absolute Gasteiger partial charge is 0.359 e. The van der Waals surface area contributed by atoms with Gasteiger partial charge in [-0.15, -0.1) is 0 Å². The normalized spacial score (nSPS) is 11.1. The van der Waals surface area contributed by atoms with Gasteiger partial charge < -0.3 is 10.3 Å². The van der Waals surface area contributed by atoms with Crippen molar-refractivity contribution in [1.82, 2.24) is 10.1 Å². The number of nitrogens with zero attached hydrogens (tertiary/aromatic N) is 2. The van der Waals surface area contributed by atoms with E-state index in [9.17, 15) is 0 Å². The summed E-state index contributed by atoms with van der Waals surface area (Å²) >= 11 is 0. The van der Waals surface area contributed by atoms with Crippen molar-refractivity contribution < 1.29 is 4.52 Å². The van der Waals surface area contributed by atoms with Crippen molar-refractivity contribution in [1.29, 1.82) is 0 Å². The van der Waals surface area contributed by atoms with Crippen LogP contribution in [-0.2, 0) is 19.5 Å². The topological polar surface area (TPSA) is 55.3 Å².